The molecule has 2 heterocycles. The second-order valence-electron chi connectivity index (χ2n) is 7.94. The predicted octanol–water partition coefficient (Wildman–Crippen LogP) is 4.48. The van der Waals surface area contributed by atoms with Crippen LogP contribution in [0.5, 0.6) is 0 Å². The summed E-state index contributed by atoms with van der Waals surface area (Å²) < 4.78 is 5.83. The third-order valence-corrected chi connectivity index (χ3v) is 4.56. The molecule has 6 nitrogen and oxygen atoms in total. The van der Waals surface area contributed by atoms with Crippen LogP contribution in [0.1, 0.15) is 19.5 Å². The molecule has 0 saturated carbocycles. The van der Waals surface area contributed by atoms with E-state index in [1.165, 1.54) is 0 Å². The molecule has 0 spiro atoms. The number of hydrogen-bond donors (Lipinski definition) is 3. The van der Waals surface area contributed by atoms with Crippen molar-refractivity contribution in [1.82, 2.24) is 25.1 Å². The van der Waals surface area contributed by atoms with Gasteiger partial charge in [0.15, 0.2) is 5.69 Å². The summed E-state index contributed by atoms with van der Waals surface area (Å²) in [4.78, 5) is 7.86. The van der Waals surface area contributed by atoms with E-state index in [4.69, 9.17) is 4.74 Å². The number of methoxy groups -OCH3 is 1. The molecule has 0 aliphatic rings. The van der Waals surface area contributed by atoms with E-state index in [0.29, 0.717) is 16.9 Å². The van der Waals surface area contributed by atoms with Crippen LogP contribution in [0, 0.1) is 0 Å². The fourth-order valence-corrected chi connectivity index (χ4v) is 3.32. The number of fused-ring (bicyclic) bond motifs is 1. The predicted molar refractivity (Wildman–Crippen MR) is 128 cm³/mol. The molecule has 0 aromatic carbocycles. The summed E-state index contributed by atoms with van der Waals surface area (Å²) in [7, 11) is 5.98. The lowest BCUT2D eigenvalue weighted by Crippen LogP contribution is -2.42. The molecule has 30 heavy (non-hydrogen) atoms. The number of hydrogen-bond acceptors (Lipinski definition) is 4. The summed E-state index contributed by atoms with van der Waals surface area (Å²) in [6.45, 7) is 17.3. The third kappa shape index (κ3) is 6.47. The molecule has 0 bridgehead atoms. The Morgan fingerprint density at radius 3 is 2.63 bits per heavy atom. The standard InChI is InChI=1S/C24H34N5O/c1-9-10-18(3)26-20(5)27-19(4)11-17(2)15-29(6,7)23-13-21-12-22(16-30-8)28-24(21)25-14-23/h9-14,26-27H,2-3,5,15-16H2,1,4,6-8H3,(H,25,28)/q+1. The Bertz CT molecular complexity index is 994. The monoisotopic (exact) mass is 408 g/mol. The van der Waals surface area contributed by atoms with Crippen molar-refractivity contribution in [3.63, 3.8) is 0 Å². The van der Waals surface area contributed by atoms with Gasteiger partial charge in [0.2, 0.25) is 0 Å². The minimum Gasteiger partial charge on any atom is -0.378 e. The highest BCUT2D eigenvalue weighted by molar-refractivity contribution is 5.79. The fraction of sp³-hybridized carbons (Fsp3) is 0.292. The first-order valence-corrected chi connectivity index (χ1v) is 9.85. The summed E-state index contributed by atoms with van der Waals surface area (Å²) in [5.41, 5.74) is 5.73. The molecule has 0 radical (unpaired) electrons. The summed E-state index contributed by atoms with van der Waals surface area (Å²) in [5.74, 6) is 0.669. The van der Waals surface area contributed by atoms with Crippen LogP contribution in [-0.4, -0.2) is 37.7 Å². The Balaban J connectivity index is 2.05. The Labute approximate surface area is 179 Å². The molecule has 2 rings (SSSR count). The first kappa shape index (κ1) is 23.2. The van der Waals surface area contributed by atoms with Crippen molar-refractivity contribution in [2.75, 3.05) is 27.7 Å². The van der Waals surface area contributed by atoms with E-state index in [2.05, 4.69) is 66.6 Å². The number of ether oxygens (including phenoxy) is 1. The molecule has 0 saturated heterocycles. The first-order chi connectivity index (χ1) is 14.1. The van der Waals surface area contributed by atoms with Gasteiger partial charge in [0.05, 0.1) is 32.7 Å². The molecule has 3 N–H and O–H groups in total. The summed E-state index contributed by atoms with van der Waals surface area (Å²) >= 11 is 0. The van der Waals surface area contributed by atoms with Gasteiger partial charge in [0.25, 0.3) is 0 Å². The topological polar surface area (TPSA) is 62.0 Å². The largest absolute Gasteiger partial charge is 0.378 e. The summed E-state index contributed by atoms with van der Waals surface area (Å²) in [6, 6.07) is 4.25. The number of likely N-dealkylation sites (N-methyl/N-ethyl adjacent to an activating group) is 1. The lowest BCUT2D eigenvalue weighted by Gasteiger charge is -2.29. The zero-order chi connectivity index (χ0) is 22.3. The Kier molecular flexibility index (Phi) is 7.80. The number of allylic oxidation sites excluding steroid dienone is 3. The lowest BCUT2D eigenvalue weighted by molar-refractivity contribution is 0.182. The number of aromatic amines is 1. The van der Waals surface area contributed by atoms with E-state index in [1.54, 1.807) is 7.11 Å². The van der Waals surface area contributed by atoms with Gasteiger partial charge >= 0.3 is 0 Å². The van der Waals surface area contributed by atoms with Gasteiger partial charge in [-0.15, -0.1) is 0 Å². The average molecular weight is 409 g/mol. The molecule has 6 heteroatoms. The number of rotatable bonds is 11. The zero-order valence-corrected chi connectivity index (χ0v) is 18.8. The van der Waals surface area contributed by atoms with Crippen molar-refractivity contribution in [2.45, 2.75) is 20.5 Å². The van der Waals surface area contributed by atoms with E-state index >= 15 is 0 Å². The molecule has 0 amide bonds. The number of nitrogens with one attached hydrogen (secondary N) is 3. The maximum absolute atomic E-state index is 5.20. The average Bonchev–Trinajstić information content (AvgIpc) is 3.02. The quantitative estimate of drug-likeness (QED) is 0.379. The molecule has 0 aliphatic carbocycles. The highest BCUT2D eigenvalue weighted by atomic mass is 16.5. The summed E-state index contributed by atoms with van der Waals surface area (Å²) in [5, 5.41) is 7.41. The molecule has 0 aliphatic heterocycles. The Morgan fingerprint density at radius 1 is 1.23 bits per heavy atom. The van der Waals surface area contributed by atoms with Crippen molar-refractivity contribution < 1.29 is 4.74 Å². The van der Waals surface area contributed by atoms with E-state index < -0.39 is 0 Å². The van der Waals surface area contributed by atoms with E-state index in [1.807, 2.05) is 38.3 Å². The van der Waals surface area contributed by atoms with Crippen LogP contribution in [0.4, 0.5) is 5.69 Å². The second kappa shape index (κ2) is 10.1. The highest BCUT2D eigenvalue weighted by Crippen LogP contribution is 2.25. The molecular weight excluding hydrogens is 374 g/mol. The van der Waals surface area contributed by atoms with Crippen LogP contribution in [0.25, 0.3) is 11.0 Å². The molecular formula is C24H34N5O+. The molecule has 2 aromatic rings. The lowest BCUT2D eigenvalue weighted by atomic mass is 10.2. The minimum absolute atomic E-state index is 0.542. The maximum atomic E-state index is 5.20. The van der Waals surface area contributed by atoms with Gasteiger partial charge in [-0.3, -0.25) is 4.48 Å². The van der Waals surface area contributed by atoms with Gasteiger partial charge in [-0.2, -0.15) is 0 Å². The smallest absolute Gasteiger partial charge is 0.151 e. The van der Waals surface area contributed by atoms with Gasteiger partial charge in [-0.25, -0.2) is 4.98 Å². The molecule has 0 fully saturated rings. The normalized spacial score (nSPS) is 12.4. The SMILES string of the molecule is C=C(C=C(C)NC(=C)NC(=C)C=CC)C[N+](C)(C)c1cnc2[nH]c(COC)cc2c1. The van der Waals surface area contributed by atoms with Crippen LogP contribution in [0.3, 0.4) is 0 Å². The molecule has 160 valence electrons. The number of quaternary nitrogens is 1. The van der Waals surface area contributed by atoms with Gasteiger partial charge in [-0.1, -0.05) is 25.8 Å². The highest BCUT2D eigenvalue weighted by Gasteiger charge is 2.21. The van der Waals surface area contributed by atoms with E-state index in [-0.39, 0.29) is 0 Å². The van der Waals surface area contributed by atoms with Crippen LogP contribution < -0.4 is 15.1 Å². The van der Waals surface area contributed by atoms with E-state index in [9.17, 15) is 0 Å². The molecule has 0 unspecified atom stereocenters. The summed E-state index contributed by atoms with van der Waals surface area (Å²) in [6.07, 6.45) is 7.75. The van der Waals surface area contributed by atoms with Crippen LogP contribution in [0.15, 0.2) is 79.1 Å². The van der Waals surface area contributed by atoms with Crippen LogP contribution in [-0.2, 0) is 11.3 Å². The van der Waals surface area contributed by atoms with Crippen molar-refractivity contribution in [1.29, 1.82) is 0 Å². The van der Waals surface area contributed by atoms with Crippen molar-refractivity contribution in [2.24, 2.45) is 0 Å². The van der Waals surface area contributed by atoms with Crippen molar-refractivity contribution >= 4 is 16.7 Å². The number of pyridine rings is 1. The van der Waals surface area contributed by atoms with Gasteiger partial charge in [0.1, 0.15) is 12.2 Å². The fourth-order valence-electron chi connectivity index (χ4n) is 3.32. The van der Waals surface area contributed by atoms with E-state index in [0.717, 1.165) is 45.9 Å². The van der Waals surface area contributed by atoms with Crippen molar-refractivity contribution in [3.8, 4) is 0 Å². The zero-order valence-electron chi connectivity index (χ0n) is 18.8. The Morgan fingerprint density at radius 2 is 1.97 bits per heavy atom. The first-order valence-electron chi connectivity index (χ1n) is 9.85. The van der Waals surface area contributed by atoms with Gasteiger partial charge in [-0.05, 0) is 32.1 Å². The van der Waals surface area contributed by atoms with Crippen LogP contribution >= 0.6 is 0 Å². The van der Waals surface area contributed by atoms with Gasteiger partial charge in [0, 0.05) is 41.2 Å². The Hall–Kier alpha value is -3.09. The molecule has 0 atom stereocenters. The minimum atomic E-state index is 0.542. The van der Waals surface area contributed by atoms with Crippen LogP contribution in [0.2, 0.25) is 0 Å². The second-order valence-corrected chi connectivity index (χ2v) is 7.94. The van der Waals surface area contributed by atoms with Gasteiger partial charge < -0.3 is 20.4 Å². The maximum Gasteiger partial charge on any atom is 0.151 e. The third-order valence-electron chi connectivity index (χ3n) is 4.56. The number of aromatic nitrogens is 2. The number of H-pyrrole nitrogens is 1. The number of nitrogens with zero attached hydrogens (tertiary/aromatic N) is 2. The van der Waals surface area contributed by atoms with Crippen molar-refractivity contribution in [3.05, 3.63) is 84.8 Å². The molecule has 2 aromatic heterocycles.